The summed E-state index contributed by atoms with van der Waals surface area (Å²) in [6, 6.07) is 75.7. The van der Waals surface area contributed by atoms with Crippen LogP contribution in [0.4, 0.5) is 0 Å². The minimum absolute atomic E-state index is 0.298. The van der Waals surface area contributed by atoms with Crippen molar-refractivity contribution in [3.05, 3.63) is 247 Å². The van der Waals surface area contributed by atoms with Crippen molar-refractivity contribution >= 4 is 9.84 Å². The van der Waals surface area contributed by atoms with Gasteiger partial charge in [0.2, 0.25) is 9.84 Å². The topological polar surface area (TPSA) is 72.8 Å². The summed E-state index contributed by atoms with van der Waals surface area (Å²) in [5.41, 5.74) is 13.3. The van der Waals surface area contributed by atoms with Gasteiger partial charge in [-0.05, 0) is 97.1 Å². The first kappa shape index (κ1) is 37.7. The van der Waals surface area contributed by atoms with Crippen molar-refractivity contribution in [3.8, 4) is 78.7 Å². The number of nitrogens with zero attached hydrogens (tertiary/aromatic N) is 3. The zero-order valence-electron chi connectivity index (χ0n) is 34.4. The molecule has 6 heteroatoms. The van der Waals surface area contributed by atoms with Crippen molar-refractivity contribution in [2.75, 3.05) is 0 Å². The Bertz CT molecular complexity index is 3430. The van der Waals surface area contributed by atoms with E-state index in [0.717, 1.165) is 72.3 Å². The molecule has 1 aliphatic carbocycles. The van der Waals surface area contributed by atoms with Gasteiger partial charge in [0.25, 0.3) is 0 Å². The average molecular weight is 840 g/mol. The van der Waals surface area contributed by atoms with Gasteiger partial charge in [0, 0.05) is 16.7 Å². The van der Waals surface area contributed by atoms with Gasteiger partial charge in [0.1, 0.15) is 0 Å². The fraction of sp³-hybridized carbons (Fsp3) is 0.0172. The van der Waals surface area contributed by atoms with Crippen molar-refractivity contribution in [2.24, 2.45) is 0 Å². The molecule has 9 aromatic carbocycles. The zero-order valence-corrected chi connectivity index (χ0v) is 35.2. The Morgan fingerprint density at radius 2 is 0.656 bits per heavy atom. The number of hydrogen-bond acceptors (Lipinski definition) is 5. The molecule has 1 aliphatic heterocycles. The van der Waals surface area contributed by atoms with Crippen LogP contribution in [-0.2, 0) is 15.3 Å². The fourth-order valence-corrected chi connectivity index (χ4v) is 11.7. The van der Waals surface area contributed by atoms with E-state index < -0.39 is 15.3 Å². The van der Waals surface area contributed by atoms with Crippen molar-refractivity contribution in [2.45, 2.75) is 15.2 Å². The van der Waals surface area contributed by atoms with Crippen LogP contribution in [0.15, 0.2) is 234 Å². The van der Waals surface area contributed by atoms with Crippen molar-refractivity contribution in [1.29, 1.82) is 0 Å². The molecule has 302 valence electrons. The second kappa shape index (κ2) is 14.8. The molecule has 1 aromatic heterocycles. The molecule has 0 N–H and O–H groups in total. The molecule has 12 rings (SSSR count). The summed E-state index contributed by atoms with van der Waals surface area (Å²) in [5.74, 6) is 1.59. The fourth-order valence-electron chi connectivity index (χ4n) is 9.94. The van der Waals surface area contributed by atoms with Crippen LogP contribution in [0.3, 0.4) is 0 Å². The van der Waals surface area contributed by atoms with Crippen molar-refractivity contribution < 1.29 is 8.42 Å². The Kier molecular flexibility index (Phi) is 8.71. The Hall–Kier alpha value is -8.06. The molecule has 2 aliphatic rings. The van der Waals surface area contributed by atoms with Crippen LogP contribution in [0.1, 0.15) is 22.3 Å². The second-order valence-corrected chi connectivity index (χ2v) is 18.2. The zero-order chi connectivity index (χ0) is 42.8. The van der Waals surface area contributed by atoms with E-state index in [2.05, 4.69) is 115 Å². The van der Waals surface area contributed by atoms with Gasteiger partial charge in [0.05, 0.1) is 15.2 Å². The lowest BCUT2D eigenvalue weighted by atomic mass is 9.63. The molecule has 0 atom stereocenters. The maximum absolute atomic E-state index is 14.7. The summed E-state index contributed by atoms with van der Waals surface area (Å²) in [6.45, 7) is 0. The second-order valence-electron chi connectivity index (χ2n) is 16.3. The molecule has 0 saturated carbocycles. The molecular formula is C58H37N3O2S. The maximum atomic E-state index is 14.7. The largest absolute Gasteiger partial charge is 0.218 e. The molecule has 0 bridgehead atoms. The summed E-state index contributed by atoms with van der Waals surface area (Å²) in [5, 5.41) is 0. The van der Waals surface area contributed by atoms with Crippen LogP contribution >= 0.6 is 0 Å². The monoisotopic (exact) mass is 839 g/mol. The molecule has 0 fully saturated rings. The Labute approximate surface area is 372 Å². The highest BCUT2D eigenvalue weighted by Gasteiger charge is 2.51. The van der Waals surface area contributed by atoms with E-state index in [4.69, 9.17) is 15.0 Å². The summed E-state index contributed by atoms with van der Waals surface area (Å²) in [4.78, 5) is 16.4. The van der Waals surface area contributed by atoms with Crippen LogP contribution in [0.5, 0.6) is 0 Å². The van der Waals surface area contributed by atoms with Crippen molar-refractivity contribution in [3.63, 3.8) is 0 Å². The molecule has 0 amide bonds. The SMILES string of the molecule is O=S1(=O)c2ccccc2C2(c3ccccc3-c3ccccc3-c3ccc(-c4nc(-c5cccc(-c6ccccc6)c5)nc(-c5cccc(-c6ccccc6)c5)n4)cc32)c2ccccc21. The first-order chi connectivity index (χ1) is 31.5. The summed E-state index contributed by atoms with van der Waals surface area (Å²) in [6.07, 6.45) is 0. The molecule has 64 heavy (non-hydrogen) atoms. The van der Waals surface area contributed by atoms with Gasteiger partial charge in [-0.2, -0.15) is 0 Å². The minimum Gasteiger partial charge on any atom is -0.218 e. The van der Waals surface area contributed by atoms with Crippen LogP contribution in [-0.4, -0.2) is 23.4 Å². The van der Waals surface area contributed by atoms with Gasteiger partial charge >= 0.3 is 0 Å². The molecule has 1 spiro atoms. The standard InChI is InChI=1S/C58H37N3O2S/c62-64(63)53-31-13-11-29-50(53)58(51-30-12-14-32-54(51)64)49-28-10-9-27-47(49)45-25-7-8-26-46(45)48-34-33-44(37-52(48)58)57-60-55(42-23-15-21-40(35-42)38-17-3-1-4-18-38)59-56(61-57)43-24-16-22-41(36-43)39-19-5-2-6-20-39/h1-37H. The summed E-state index contributed by atoms with van der Waals surface area (Å²) >= 11 is 0. The predicted molar refractivity (Wildman–Crippen MR) is 255 cm³/mol. The number of aromatic nitrogens is 3. The third-order valence-electron chi connectivity index (χ3n) is 12.8. The maximum Gasteiger partial charge on any atom is 0.207 e. The average Bonchev–Trinajstić information content (AvgIpc) is 3.47. The number of hydrogen-bond donors (Lipinski definition) is 0. The van der Waals surface area contributed by atoms with E-state index in [0.29, 0.717) is 38.4 Å². The summed E-state index contributed by atoms with van der Waals surface area (Å²) < 4.78 is 29.4. The number of rotatable bonds is 5. The first-order valence-electron chi connectivity index (χ1n) is 21.3. The van der Waals surface area contributed by atoms with E-state index in [1.54, 1.807) is 12.1 Å². The van der Waals surface area contributed by atoms with E-state index in [1.807, 2.05) is 97.1 Å². The minimum atomic E-state index is -3.88. The van der Waals surface area contributed by atoms with Gasteiger partial charge < -0.3 is 0 Å². The van der Waals surface area contributed by atoms with E-state index in [9.17, 15) is 8.42 Å². The molecular weight excluding hydrogens is 803 g/mol. The van der Waals surface area contributed by atoms with E-state index in [-0.39, 0.29) is 0 Å². The predicted octanol–water partition coefficient (Wildman–Crippen LogP) is 13.4. The molecule has 5 nitrogen and oxygen atoms in total. The van der Waals surface area contributed by atoms with Crippen LogP contribution < -0.4 is 0 Å². The number of benzene rings is 9. The Balaban J connectivity index is 1.16. The van der Waals surface area contributed by atoms with E-state index >= 15 is 0 Å². The molecule has 0 radical (unpaired) electrons. The normalized spacial score (nSPS) is 13.7. The lowest BCUT2D eigenvalue weighted by Crippen LogP contribution is -2.38. The van der Waals surface area contributed by atoms with Crippen LogP contribution in [0.2, 0.25) is 0 Å². The van der Waals surface area contributed by atoms with Crippen molar-refractivity contribution in [1.82, 2.24) is 15.0 Å². The Morgan fingerprint density at radius 3 is 1.17 bits per heavy atom. The quantitative estimate of drug-likeness (QED) is 0.173. The molecule has 0 saturated heterocycles. The third kappa shape index (κ3) is 5.84. The van der Waals surface area contributed by atoms with Gasteiger partial charge in [-0.1, -0.05) is 194 Å². The lowest BCUT2D eigenvalue weighted by Gasteiger charge is -2.42. The summed E-state index contributed by atoms with van der Waals surface area (Å²) in [7, 11) is -3.88. The third-order valence-corrected chi connectivity index (χ3v) is 14.6. The highest BCUT2D eigenvalue weighted by atomic mass is 32.2. The first-order valence-corrected chi connectivity index (χ1v) is 22.8. The smallest absolute Gasteiger partial charge is 0.207 e. The lowest BCUT2D eigenvalue weighted by molar-refractivity contribution is 0.579. The molecule has 0 unspecified atom stereocenters. The number of sulfone groups is 1. The van der Waals surface area contributed by atoms with E-state index in [1.165, 1.54) is 0 Å². The highest BCUT2D eigenvalue weighted by Crippen LogP contribution is 2.59. The van der Waals surface area contributed by atoms with Crippen LogP contribution in [0, 0.1) is 0 Å². The van der Waals surface area contributed by atoms with Gasteiger partial charge in [-0.25, -0.2) is 23.4 Å². The van der Waals surface area contributed by atoms with Gasteiger partial charge in [-0.15, -0.1) is 0 Å². The number of fused-ring (bicyclic) bond motifs is 11. The van der Waals surface area contributed by atoms with Gasteiger partial charge in [0.15, 0.2) is 17.5 Å². The highest BCUT2D eigenvalue weighted by molar-refractivity contribution is 7.91. The Morgan fingerprint density at radius 1 is 0.281 bits per heavy atom. The van der Waals surface area contributed by atoms with Crippen LogP contribution in [0.25, 0.3) is 78.7 Å². The molecule has 2 heterocycles. The molecule has 10 aromatic rings. The van der Waals surface area contributed by atoms with Gasteiger partial charge in [-0.3, -0.25) is 0 Å².